The quantitative estimate of drug-likeness (QED) is 0.411. The van der Waals surface area contributed by atoms with Crippen LogP contribution in [0.2, 0.25) is 0 Å². The van der Waals surface area contributed by atoms with Crippen LogP contribution in [0.3, 0.4) is 0 Å². The Bertz CT molecular complexity index is 387. The van der Waals surface area contributed by atoms with E-state index < -0.39 is 5.60 Å². The highest BCUT2D eigenvalue weighted by molar-refractivity contribution is 6.01. The highest BCUT2D eigenvalue weighted by atomic mass is 16.7. The summed E-state index contributed by atoms with van der Waals surface area (Å²) in [6, 6.07) is 0. The van der Waals surface area contributed by atoms with Crippen molar-refractivity contribution in [3.63, 3.8) is 0 Å². The van der Waals surface area contributed by atoms with Crippen LogP contribution in [0.25, 0.3) is 0 Å². The Morgan fingerprint density at radius 2 is 2.22 bits per heavy atom. The molecule has 1 saturated carbocycles. The van der Waals surface area contributed by atoms with Crippen molar-refractivity contribution in [1.29, 1.82) is 0 Å². The van der Waals surface area contributed by atoms with Gasteiger partial charge < -0.3 is 14.2 Å². The van der Waals surface area contributed by atoms with Crippen LogP contribution in [-0.4, -0.2) is 39.0 Å². The Labute approximate surface area is 108 Å². The monoisotopic (exact) mass is 252 g/mol. The number of hydrogen-bond donors (Lipinski definition) is 0. The van der Waals surface area contributed by atoms with E-state index in [9.17, 15) is 4.79 Å². The minimum atomic E-state index is -0.796. The lowest BCUT2D eigenvalue weighted by Gasteiger charge is -2.33. The molecule has 2 rings (SSSR count). The lowest BCUT2D eigenvalue weighted by Crippen LogP contribution is -2.41. The maximum absolute atomic E-state index is 12.0. The molecular weight excluding hydrogens is 232 g/mol. The van der Waals surface area contributed by atoms with Gasteiger partial charge in [-0.25, -0.2) is 0 Å². The summed E-state index contributed by atoms with van der Waals surface area (Å²) in [6.07, 6.45) is 5.97. The summed E-state index contributed by atoms with van der Waals surface area (Å²) >= 11 is 0. The highest BCUT2D eigenvalue weighted by Gasteiger charge is 2.55. The van der Waals surface area contributed by atoms with Gasteiger partial charge in [0.2, 0.25) is 0 Å². The molecule has 0 amide bonds. The summed E-state index contributed by atoms with van der Waals surface area (Å²) in [5.41, 5.74) is 0.0387. The molecule has 0 N–H and O–H groups in total. The number of allylic oxidation sites excluding steroid dienone is 1. The predicted octanol–water partition coefficient (Wildman–Crippen LogP) is 1.86. The average Bonchev–Trinajstić information content (AvgIpc) is 2.61. The largest absolute Gasteiger partial charge is 0.366 e. The molecule has 0 heterocycles. The molecule has 100 valence electrons. The van der Waals surface area contributed by atoms with Crippen molar-refractivity contribution < 1.29 is 19.0 Å². The number of ketones is 1. The molecule has 0 aromatic carbocycles. The second kappa shape index (κ2) is 4.96. The van der Waals surface area contributed by atoms with E-state index in [2.05, 4.69) is 6.58 Å². The van der Waals surface area contributed by atoms with Crippen molar-refractivity contribution in [1.82, 2.24) is 0 Å². The lowest BCUT2D eigenvalue weighted by atomic mass is 9.76. The first-order chi connectivity index (χ1) is 8.58. The number of carbonyl (C=O) groups is 1. The zero-order valence-corrected chi connectivity index (χ0v) is 11.0. The third-order valence-electron chi connectivity index (χ3n) is 4.02. The number of fused-ring (bicyclic) bond motifs is 2. The average molecular weight is 252 g/mol. The van der Waals surface area contributed by atoms with Crippen molar-refractivity contribution in [2.45, 2.75) is 24.9 Å². The van der Waals surface area contributed by atoms with Crippen LogP contribution in [0.5, 0.6) is 0 Å². The van der Waals surface area contributed by atoms with Crippen LogP contribution >= 0.6 is 0 Å². The van der Waals surface area contributed by atoms with E-state index in [1.807, 2.05) is 6.08 Å². The van der Waals surface area contributed by atoms with E-state index in [1.165, 1.54) is 0 Å². The maximum Gasteiger partial charge on any atom is 0.191 e. The van der Waals surface area contributed by atoms with Gasteiger partial charge in [0.05, 0.1) is 6.61 Å². The summed E-state index contributed by atoms with van der Waals surface area (Å²) < 4.78 is 15.7. The van der Waals surface area contributed by atoms with Crippen LogP contribution in [-0.2, 0) is 19.0 Å². The van der Waals surface area contributed by atoms with Gasteiger partial charge in [0.15, 0.2) is 11.4 Å². The van der Waals surface area contributed by atoms with Gasteiger partial charge in [-0.15, -0.1) is 0 Å². The summed E-state index contributed by atoms with van der Waals surface area (Å²) in [7, 11) is 3.19. The second-order valence-corrected chi connectivity index (χ2v) is 5.11. The Morgan fingerprint density at radius 3 is 2.89 bits per heavy atom. The topological polar surface area (TPSA) is 44.8 Å². The van der Waals surface area contributed by atoms with E-state index in [4.69, 9.17) is 14.2 Å². The van der Waals surface area contributed by atoms with Crippen molar-refractivity contribution in [3.05, 3.63) is 24.3 Å². The molecule has 2 aliphatic rings. The van der Waals surface area contributed by atoms with Crippen LogP contribution in [0, 0.1) is 5.41 Å². The minimum Gasteiger partial charge on any atom is -0.366 e. The predicted molar refractivity (Wildman–Crippen MR) is 67.1 cm³/mol. The van der Waals surface area contributed by atoms with E-state index in [0.717, 1.165) is 18.4 Å². The third-order valence-corrected chi connectivity index (χ3v) is 4.02. The third kappa shape index (κ3) is 2.05. The van der Waals surface area contributed by atoms with Crippen LogP contribution < -0.4 is 0 Å². The fraction of sp³-hybridized carbons (Fsp3) is 0.643. The molecule has 2 atom stereocenters. The van der Waals surface area contributed by atoms with Crippen LogP contribution in [0.15, 0.2) is 24.3 Å². The van der Waals surface area contributed by atoms with Gasteiger partial charge in [-0.3, -0.25) is 4.79 Å². The van der Waals surface area contributed by atoms with Gasteiger partial charge in [0.25, 0.3) is 0 Å². The molecule has 2 bridgehead atoms. The molecule has 0 saturated heterocycles. The van der Waals surface area contributed by atoms with Crippen LogP contribution in [0.1, 0.15) is 19.3 Å². The SMILES string of the molecule is C=C1C[C@@]2(CCOCOC)C=CC(=O)[C@]1(OC)C2. The van der Waals surface area contributed by atoms with Gasteiger partial charge in [0, 0.05) is 14.2 Å². The molecule has 2 aliphatic carbocycles. The molecule has 0 aromatic rings. The number of ether oxygens (including phenoxy) is 3. The zero-order valence-electron chi connectivity index (χ0n) is 11.0. The molecular formula is C14H20O4. The normalized spacial score (nSPS) is 34.3. The maximum atomic E-state index is 12.0. The molecule has 0 aliphatic heterocycles. The Hall–Kier alpha value is -0.970. The highest BCUT2D eigenvalue weighted by Crippen LogP contribution is 2.54. The molecule has 4 heteroatoms. The number of methoxy groups -OCH3 is 2. The van der Waals surface area contributed by atoms with Crippen molar-refractivity contribution in [3.8, 4) is 0 Å². The summed E-state index contributed by atoms with van der Waals surface area (Å²) in [6.45, 7) is 4.94. The molecule has 0 unspecified atom stereocenters. The van der Waals surface area contributed by atoms with Crippen LogP contribution in [0.4, 0.5) is 0 Å². The van der Waals surface area contributed by atoms with Gasteiger partial charge in [-0.05, 0) is 36.3 Å². The molecule has 4 nitrogen and oxygen atoms in total. The number of rotatable bonds is 6. The Kier molecular flexibility index (Phi) is 3.71. The first-order valence-electron chi connectivity index (χ1n) is 6.12. The first-order valence-corrected chi connectivity index (χ1v) is 6.12. The van der Waals surface area contributed by atoms with Gasteiger partial charge in [-0.1, -0.05) is 12.7 Å². The standard InChI is InChI=1S/C14H20O4/c1-11-8-13(6-7-18-10-16-2)5-4-12(15)14(11,9-13)17-3/h4-5H,1,6-10H2,2-3H3/t13-,14-/m0/s1. The van der Waals surface area contributed by atoms with Gasteiger partial charge >= 0.3 is 0 Å². The Morgan fingerprint density at radius 1 is 1.44 bits per heavy atom. The summed E-state index contributed by atoms with van der Waals surface area (Å²) in [5.74, 6) is 0.0148. The number of carbonyl (C=O) groups excluding carboxylic acids is 1. The lowest BCUT2D eigenvalue weighted by molar-refractivity contribution is -0.133. The zero-order chi connectivity index (χ0) is 13.2. The minimum absolute atomic E-state index is 0.0148. The van der Waals surface area contributed by atoms with Crippen molar-refractivity contribution >= 4 is 5.78 Å². The molecule has 1 fully saturated rings. The van der Waals surface area contributed by atoms with E-state index >= 15 is 0 Å². The molecule has 0 radical (unpaired) electrons. The second-order valence-electron chi connectivity index (χ2n) is 5.11. The smallest absolute Gasteiger partial charge is 0.191 e. The van der Waals surface area contributed by atoms with E-state index in [1.54, 1.807) is 20.3 Å². The van der Waals surface area contributed by atoms with Gasteiger partial charge in [-0.2, -0.15) is 0 Å². The first kappa shape index (κ1) is 13.5. The number of hydrogen-bond acceptors (Lipinski definition) is 4. The fourth-order valence-electron chi connectivity index (χ4n) is 3.01. The molecule has 18 heavy (non-hydrogen) atoms. The fourth-order valence-corrected chi connectivity index (χ4v) is 3.01. The molecule has 0 aromatic heterocycles. The van der Waals surface area contributed by atoms with Gasteiger partial charge in [0.1, 0.15) is 6.79 Å². The van der Waals surface area contributed by atoms with Crippen molar-refractivity contribution in [2.24, 2.45) is 5.41 Å². The van der Waals surface area contributed by atoms with E-state index in [0.29, 0.717) is 19.8 Å². The van der Waals surface area contributed by atoms with Crippen molar-refractivity contribution in [2.75, 3.05) is 27.6 Å². The van der Waals surface area contributed by atoms with E-state index in [-0.39, 0.29) is 11.2 Å². The molecule has 0 spiro atoms. The summed E-state index contributed by atoms with van der Waals surface area (Å²) in [5, 5.41) is 0. The Balaban J connectivity index is 2.09. The summed E-state index contributed by atoms with van der Waals surface area (Å²) in [4.78, 5) is 12.0.